The van der Waals surface area contributed by atoms with Crippen LogP contribution in [0.15, 0.2) is 24.3 Å². The van der Waals surface area contributed by atoms with Gasteiger partial charge in [-0.05, 0) is 50.6 Å². The Morgan fingerprint density at radius 2 is 1.81 bits per heavy atom. The molecule has 21 heavy (non-hydrogen) atoms. The average Bonchev–Trinajstić information content (AvgIpc) is 2.46. The van der Waals surface area contributed by atoms with Crippen LogP contribution in [0.25, 0.3) is 0 Å². The number of anilines is 2. The third-order valence-corrected chi connectivity index (χ3v) is 4.40. The highest BCUT2D eigenvalue weighted by Crippen LogP contribution is 2.16. The standard InChI is InChI=1S/C14H23N3O3S/c1-3-21(19,20)17-13-8-6-12(7-9-13)16-14(18)11(2)5-4-10-15/h6-9,11,17H,3-5,10,15H2,1-2H3,(H,16,18). The first-order valence-electron chi connectivity index (χ1n) is 6.99. The fourth-order valence-electron chi connectivity index (χ4n) is 1.69. The Labute approximate surface area is 126 Å². The number of sulfonamides is 1. The monoisotopic (exact) mass is 313 g/mol. The van der Waals surface area contributed by atoms with Crippen molar-refractivity contribution in [2.24, 2.45) is 11.7 Å². The Balaban J connectivity index is 2.60. The molecule has 0 saturated heterocycles. The zero-order valence-electron chi connectivity index (χ0n) is 12.4. The maximum Gasteiger partial charge on any atom is 0.232 e. The zero-order chi connectivity index (χ0) is 15.9. The Hall–Kier alpha value is -1.60. The highest BCUT2D eigenvalue weighted by Gasteiger charge is 2.12. The van der Waals surface area contributed by atoms with E-state index in [1.807, 2.05) is 6.92 Å². The van der Waals surface area contributed by atoms with Crippen LogP contribution in [-0.2, 0) is 14.8 Å². The summed E-state index contributed by atoms with van der Waals surface area (Å²) in [5.41, 5.74) is 6.54. The number of benzene rings is 1. The van der Waals surface area contributed by atoms with Crippen LogP contribution in [0.4, 0.5) is 11.4 Å². The van der Waals surface area contributed by atoms with E-state index in [-0.39, 0.29) is 17.6 Å². The average molecular weight is 313 g/mol. The van der Waals surface area contributed by atoms with E-state index in [1.165, 1.54) is 0 Å². The third-order valence-electron chi connectivity index (χ3n) is 3.09. The molecule has 0 bridgehead atoms. The van der Waals surface area contributed by atoms with Gasteiger partial charge in [-0.2, -0.15) is 0 Å². The van der Waals surface area contributed by atoms with E-state index in [9.17, 15) is 13.2 Å². The molecule has 0 aliphatic heterocycles. The molecule has 1 atom stereocenters. The number of nitrogens with two attached hydrogens (primary N) is 1. The number of amides is 1. The zero-order valence-corrected chi connectivity index (χ0v) is 13.2. The van der Waals surface area contributed by atoms with Crippen molar-refractivity contribution in [3.63, 3.8) is 0 Å². The summed E-state index contributed by atoms with van der Waals surface area (Å²) >= 11 is 0. The largest absolute Gasteiger partial charge is 0.330 e. The molecule has 0 aromatic heterocycles. The first-order chi connectivity index (χ1) is 9.88. The maximum absolute atomic E-state index is 11.9. The SMILES string of the molecule is CCS(=O)(=O)Nc1ccc(NC(=O)C(C)CCCN)cc1. The second-order valence-electron chi connectivity index (χ2n) is 4.90. The number of hydrogen-bond donors (Lipinski definition) is 3. The normalized spacial score (nSPS) is 12.7. The lowest BCUT2D eigenvalue weighted by Gasteiger charge is -2.12. The summed E-state index contributed by atoms with van der Waals surface area (Å²) in [6.45, 7) is 4.00. The molecule has 1 aromatic carbocycles. The lowest BCUT2D eigenvalue weighted by atomic mass is 10.0. The van der Waals surface area contributed by atoms with Gasteiger partial charge in [0.15, 0.2) is 0 Å². The van der Waals surface area contributed by atoms with Crippen molar-refractivity contribution < 1.29 is 13.2 Å². The van der Waals surface area contributed by atoms with Crippen LogP contribution in [0.2, 0.25) is 0 Å². The highest BCUT2D eigenvalue weighted by atomic mass is 32.2. The van der Waals surface area contributed by atoms with Gasteiger partial charge in [-0.15, -0.1) is 0 Å². The quantitative estimate of drug-likeness (QED) is 0.680. The van der Waals surface area contributed by atoms with Crippen molar-refractivity contribution in [1.82, 2.24) is 0 Å². The van der Waals surface area contributed by atoms with E-state index in [1.54, 1.807) is 31.2 Å². The predicted octanol–water partition coefficient (Wildman–Crippen LogP) is 1.76. The smallest absolute Gasteiger partial charge is 0.232 e. The maximum atomic E-state index is 11.9. The van der Waals surface area contributed by atoms with Gasteiger partial charge < -0.3 is 11.1 Å². The molecule has 1 unspecified atom stereocenters. The Morgan fingerprint density at radius 3 is 2.33 bits per heavy atom. The van der Waals surface area contributed by atoms with Crippen LogP contribution in [0.5, 0.6) is 0 Å². The van der Waals surface area contributed by atoms with E-state index in [0.29, 0.717) is 17.9 Å². The van der Waals surface area contributed by atoms with E-state index in [2.05, 4.69) is 10.0 Å². The van der Waals surface area contributed by atoms with Gasteiger partial charge >= 0.3 is 0 Å². The molecule has 1 aromatic rings. The molecule has 0 fully saturated rings. The molecule has 0 spiro atoms. The van der Waals surface area contributed by atoms with Gasteiger partial charge in [-0.1, -0.05) is 6.92 Å². The summed E-state index contributed by atoms with van der Waals surface area (Å²) in [5, 5.41) is 2.80. The van der Waals surface area contributed by atoms with Gasteiger partial charge in [-0.3, -0.25) is 9.52 Å². The van der Waals surface area contributed by atoms with Crippen LogP contribution >= 0.6 is 0 Å². The predicted molar refractivity (Wildman–Crippen MR) is 85.6 cm³/mol. The molecule has 7 heteroatoms. The fourth-order valence-corrected chi connectivity index (χ4v) is 2.33. The lowest BCUT2D eigenvalue weighted by Crippen LogP contribution is -2.21. The Kier molecular flexibility index (Phi) is 6.64. The molecule has 118 valence electrons. The molecule has 1 rings (SSSR count). The summed E-state index contributed by atoms with van der Waals surface area (Å²) in [7, 11) is -3.28. The third kappa shape index (κ3) is 6.14. The van der Waals surface area contributed by atoms with Crippen molar-refractivity contribution in [1.29, 1.82) is 0 Å². The van der Waals surface area contributed by atoms with Crippen molar-refractivity contribution in [2.75, 3.05) is 22.3 Å². The molecule has 6 nitrogen and oxygen atoms in total. The molecule has 0 saturated carbocycles. The van der Waals surface area contributed by atoms with E-state index < -0.39 is 10.0 Å². The van der Waals surface area contributed by atoms with Gasteiger partial charge in [0.1, 0.15) is 0 Å². The summed E-state index contributed by atoms with van der Waals surface area (Å²) in [5.74, 6) is -0.151. The van der Waals surface area contributed by atoms with Gasteiger partial charge in [0, 0.05) is 17.3 Å². The van der Waals surface area contributed by atoms with Crippen LogP contribution in [-0.4, -0.2) is 26.6 Å². The van der Waals surface area contributed by atoms with Crippen LogP contribution in [0.3, 0.4) is 0 Å². The molecule has 0 aliphatic carbocycles. The van der Waals surface area contributed by atoms with Crippen molar-refractivity contribution in [2.45, 2.75) is 26.7 Å². The van der Waals surface area contributed by atoms with Gasteiger partial charge in [0.25, 0.3) is 0 Å². The van der Waals surface area contributed by atoms with E-state index in [0.717, 1.165) is 12.8 Å². The minimum Gasteiger partial charge on any atom is -0.330 e. The second-order valence-corrected chi connectivity index (χ2v) is 6.92. The first kappa shape index (κ1) is 17.5. The second kappa shape index (κ2) is 7.99. The molecule has 0 aliphatic rings. The fraction of sp³-hybridized carbons (Fsp3) is 0.500. The molecule has 1 amide bonds. The highest BCUT2D eigenvalue weighted by molar-refractivity contribution is 7.92. The van der Waals surface area contributed by atoms with Gasteiger partial charge in [0.05, 0.1) is 5.75 Å². The molecule has 0 radical (unpaired) electrons. The van der Waals surface area contributed by atoms with Crippen LogP contribution in [0, 0.1) is 5.92 Å². The van der Waals surface area contributed by atoms with Crippen LogP contribution < -0.4 is 15.8 Å². The van der Waals surface area contributed by atoms with Crippen molar-refractivity contribution >= 4 is 27.3 Å². The lowest BCUT2D eigenvalue weighted by molar-refractivity contribution is -0.119. The van der Waals surface area contributed by atoms with Crippen LogP contribution in [0.1, 0.15) is 26.7 Å². The molecular weight excluding hydrogens is 290 g/mol. The summed E-state index contributed by atoms with van der Waals surface area (Å²) < 4.78 is 25.3. The number of hydrogen-bond acceptors (Lipinski definition) is 4. The minimum atomic E-state index is -3.28. The number of nitrogens with one attached hydrogen (secondary N) is 2. The number of rotatable bonds is 8. The van der Waals surface area contributed by atoms with E-state index in [4.69, 9.17) is 5.73 Å². The summed E-state index contributed by atoms with van der Waals surface area (Å²) in [6, 6.07) is 6.57. The number of carbonyl (C=O) groups excluding carboxylic acids is 1. The Morgan fingerprint density at radius 1 is 1.24 bits per heavy atom. The Bertz CT molecular complexity index is 555. The van der Waals surface area contributed by atoms with Crippen molar-refractivity contribution in [3.8, 4) is 0 Å². The van der Waals surface area contributed by atoms with Gasteiger partial charge in [0.2, 0.25) is 15.9 Å². The summed E-state index contributed by atoms with van der Waals surface area (Å²) in [4.78, 5) is 11.9. The molecule has 0 heterocycles. The molecule has 4 N–H and O–H groups in total. The number of carbonyl (C=O) groups is 1. The van der Waals surface area contributed by atoms with E-state index >= 15 is 0 Å². The topological polar surface area (TPSA) is 101 Å². The molecular formula is C14H23N3O3S. The first-order valence-corrected chi connectivity index (χ1v) is 8.64. The summed E-state index contributed by atoms with van der Waals surface area (Å²) in [6.07, 6.45) is 1.56. The van der Waals surface area contributed by atoms with Gasteiger partial charge in [-0.25, -0.2) is 8.42 Å². The van der Waals surface area contributed by atoms with Crippen molar-refractivity contribution in [3.05, 3.63) is 24.3 Å². The minimum absolute atomic E-state index is 0.0180.